The van der Waals surface area contributed by atoms with E-state index in [1.165, 1.54) is 11.8 Å². The predicted octanol–water partition coefficient (Wildman–Crippen LogP) is 2.36. The Hall–Kier alpha value is -1.47. The molecule has 7 heteroatoms. The Bertz CT molecular complexity index is 636. The SMILES string of the molecule is CCn1c(SCc2ccc(CNC(C)(C)C)o2)n[nH]c1=O. The molecule has 6 nitrogen and oxygen atoms in total. The van der Waals surface area contributed by atoms with Crippen LogP contribution < -0.4 is 11.0 Å². The lowest BCUT2D eigenvalue weighted by molar-refractivity contribution is 0.382. The molecule has 0 aromatic carbocycles. The van der Waals surface area contributed by atoms with Crippen LogP contribution in [0.15, 0.2) is 26.5 Å². The van der Waals surface area contributed by atoms with E-state index >= 15 is 0 Å². The maximum absolute atomic E-state index is 11.5. The number of aromatic nitrogens is 3. The van der Waals surface area contributed by atoms with Crippen LogP contribution in [0.3, 0.4) is 0 Å². The van der Waals surface area contributed by atoms with Gasteiger partial charge < -0.3 is 9.73 Å². The Morgan fingerprint density at radius 1 is 1.38 bits per heavy atom. The number of hydrogen-bond donors (Lipinski definition) is 2. The molecule has 0 spiro atoms. The van der Waals surface area contributed by atoms with Crippen molar-refractivity contribution in [3.05, 3.63) is 34.1 Å². The van der Waals surface area contributed by atoms with Crippen LogP contribution in [0.5, 0.6) is 0 Å². The molecule has 116 valence electrons. The van der Waals surface area contributed by atoms with Gasteiger partial charge in [0, 0.05) is 12.1 Å². The summed E-state index contributed by atoms with van der Waals surface area (Å²) in [6.45, 7) is 9.59. The van der Waals surface area contributed by atoms with Gasteiger partial charge in [-0.3, -0.25) is 4.57 Å². The van der Waals surface area contributed by atoms with E-state index in [2.05, 4.69) is 36.3 Å². The van der Waals surface area contributed by atoms with E-state index in [1.807, 2.05) is 19.1 Å². The molecule has 2 rings (SSSR count). The van der Waals surface area contributed by atoms with Crippen molar-refractivity contribution in [1.29, 1.82) is 0 Å². The van der Waals surface area contributed by atoms with Crippen molar-refractivity contribution in [3.8, 4) is 0 Å². The number of H-pyrrole nitrogens is 1. The first-order chi connectivity index (χ1) is 9.89. The number of rotatable bonds is 6. The van der Waals surface area contributed by atoms with Crippen LogP contribution in [0.25, 0.3) is 0 Å². The average molecular weight is 310 g/mol. The van der Waals surface area contributed by atoms with Crippen LogP contribution in [-0.2, 0) is 18.8 Å². The Labute approximate surface area is 128 Å². The van der Waals surface area contributed by atoms with Crippen molar-refractivity contribution < 1.29 is 4.42 Å². The normalized spacial score (nSPS) is 12.0. The summed E-state index contributed by atoms with van der Waals surface area (Å²) in [5.74, 6) is 2.44. The van der Waals surface area contributed by atoms with Crippen molar-refractivity contribution in [2.75, 3.05) is 0 Å². The summed E-state index contributed by atoms with van der Waals surface area (Å²) in [5, 5.41) is 10.5. The van der Waals surface area contributed by atoms with Gasteiger partial charge in [-0.25, -0.2) is 9.89 Å². The maximum atomic E-state index is 11.5. The van der Waals surface area contributed by atoms with Crippen LogP contribution in [0.2, 0.25) is 0 Å². The van der Waals surface area contributed by atoms with Gasteiger partial charge in [-0.1, -0.05) is 11.8 Å². The Kier molecular flexibility index (Phi) is 4.95. The van der Waals surface area contributed by atoms with Crippen LogP contribution in [-0.4, -0.2) is 20.3 Å². The minimum absolute atomic E-state index is 0.0634. The Morgan fingerprint density at radius 3 is 2.76 bits per heavy atom. The van der Waals surface area contributed by atoms with Gasteiger partial charge in [0.1, 0.15) is 11.5 Å². The molecule has 0 aliphatic rings. The fourth-order valence-electron chi connectivity index (χ4n) is 1.78. The Balaban J connectivity index is 1.92. The fourth-order valence-corrected chi connectivity index (χ4v) is 2.68. The zero-order chi connectivity index (χ0) is 15.5. The highest BCUT2D eigenvalue weighted by atomic mass is 32.2. The average Bonchev–Trinajstić information content (AvgIpc) is 2.99. The zero-order valence-corrected chi connectivity index (χ0v) is 13.7. The second-order valence-corrected chi connectivity index (χ2v) is 6.76. The predicted molar refractivity (Wildman–Crippen MR) is 83.4 cm³/mol. The lowest BCUT2D eigenvalue weighted by atomic mass is 10.1. The van der Waals surface area contributed by atoms with Crippen LogP contribution in [0, 0.1) is 0 Å². The minimum atomic E-state index is -0.172. The second kappa shape index (κ2) is 6.53. The highest BCUT2D eigenvalue weighted by molar-refractivity contribution is 7.98. The highest BCUT2D eigenvalue weighted by Gasteiger charge is 2.12. The number of nitrogens with one attached hydrogen (secondary N) is 2. The molecule has 0 aliphatic carbocycles. The first kappa shape index (κ1) is 15.9. The molecule has 21 heavy (non-hydrogen) atoms. The summed E-state index contributed by atoms with van der Waals surface area (Å²) in [4.78, 5) is 11.5. The van der Waals surface area contributed by atoms with E-state index in [0.717, 1.165) is 11.5 Å². The van der Waals surface area contributed by atoms with Gasteiger partial charge in [-0.2, -0.15) is 0 Å². The van der Waals surface area contributed by atoms with Crippen molar-refractivity contribution >= 4 is 11.8 Å². The number of hydrogen-bond acceptors (Lipinski definition) is 5. The van der Waals surface area contributed by atoms with Crippen LogP contribution in [0.1, 0.15) is 39.2 Å². The first-order valence-corrected chi connectivity index (χ1v) is 7.98. The summed E-state index contributed by atoms with van der Waals surface area (Å²) in [6, 6.07) is 3.94. The maximum Gasteiger partial charge on any atom is 0.343 e. The summed E-state index contributed by atoms with van der Waals surface area (Å²) >= 11 is 1.49. The molecule has 0 unspecified atom stereocenters. The molecule has 2 aromatic rings. The molecule has 0 bridgehead atoms. The molecule has 0 amide bonds. The summed E-state index contributed by atoms with van der Waals surface area (Å²) < 4.78 is 7.38. The minimum Gasteiger partial charge on any atom is -0.464 e. The summed E-state index contributed by atoms with van der Waals surface area (Å²) in [6.07, 6.45) is 0. The third-order valence-electron chi connectivity index (χ3n) is 2.89. The summed E-state index contributed by atoms with van der Waals surface area (Å²) in [7, 11) is 0. The standard InChI is InChI=1S/C14H22N4O2S/c1-5-18-12(19)16-17-13(18)21-9-11-7-6-10(20-11)8-15-14(2,3)4/h6-7,15H,5,8-9H2,1-4H3,(H,16,19). The van der Waals surface area contributed by atoms with Gasteiger partial charge in [-0.15, -0.1) is 5.10 Å². The number of nitrogens with zero attached hydrogens (tertiary/aromatic N) is 2. The topological polar surface area (TPSA) is 75.8 Å². The van der Waals surface area contributed by atoms with Crippen molar-refractivity contribution in [1.82, 2.24) is 20.1 Å². The fraction of sp³-hybridized carbons (Fsp3) is 0.571. The van der Waals surface area contributed by atoms with Crippen molar-refractivity contribution in [2.24, 2.45) is 0 Å². The van der Waals surface area contributed by atoms with Crippen LogP contribution in [0.4, 0.5) is 0 Å². The molecular formula is C14H22N4O2S. The van der Waals surface area contributed by atoms with Crippen LogP contribution >= 0.6 is 11.8 Å². The van der Waals surface area contributed by atoms with Gasteiger partial charge in [0.25, 0.3) is 0 Å². The van der Waals surface area contributed by atoms with Crippen molar-refractivity contribution in [2.45, 2.75) is 57.2 Å². The summed E-state index contributed by atoms with van der Waals surface area (Å²) in [5.41, 5.74) is -0.108. The molecule has 2 heterocycles. The smallest absolute Gasteiger partial charge is 0.343 e. The molecule has 2 N–H and O–H groups in total. The zero-order valence-electron chi connectivity index (χ0n) is 12.9. The molecule has 0 radical (unpaired) electrons. The molecule has 0 atom stereocenters. The number of thioether (sulfide) groups is 1. The quantitative estimate of drug-likeness (QED) is 0.801. The van der Waals surface area contributed by atoms with Crippen molar-refractivity contribution in [3.63, 3.8) is 0 Å². The molecule has 2 aromatic heterocycles. The van der Waals surface area contributed by atoms with E-state index in [9.17, 15) is 4.79 Å². The van der Waals surface area contributed by atoms with Gasteiger partial charge in [0.05, 0.1) is 12.3 Å². The molecule has 0 fully saturated rings. The second-order valence-electron chi connectivity index (χ2n) is 5.82. The molecular weight excluding hydrogens is 288 g/mol. The lowest BCUT2D eigenvalue weighted by Gasteiger charge is -2.19. The van der Waals surface area contributed by atoms with E-state index in [4.69, 9.17) is 4.42 Å². The van der Waals surface area contributed by atoms with Gasteiger partial charge >= 0.3 is 5.69 Å². The third kappa shape index (κ3) is 4.50. The molecule has 0 saturated carbocycles. The van der Waals surface area contributed by atoms with E-state index in [-0.39, 0.29) is 11.2 Å². The lowest BCUT2D eigenvalue weighted by Crippen LogP contribution is -2.34. The monoisotopic (exact) mass is 310 g/mol. The third-order valence-corrected chi connectivity index (χ3v) is 3.89. The largest absolute Gasteiger partial charge is 0.464 e. The van der Waals surface area contributed by atoms with E-state index < -0.39 is 0 Å². The number of aromatic amines is 1. The Morgan fingerprint density at radius 2 is 2.10 bits per heavy atom. The number of furan rings is 1. The van der Waals surface area contributed by atoms with Gasteiger partial charge in [-0.05, 0) is 39.8 Å². The highest BCUT2D eigenvalue weighted by Crippen LogP contribution is 2.21. The molecule has 0 saturated heterocycles. The first-order valence-electron chi connectivity index (χ1n) is 6.99. The van der Waals surface area contributed by atoms with E-state index in [0.29, 0.717) is 24.0 Å². The van der Waals surface area contributed by atoms with Gasteiger partial charge in [0.15, 0.2) is 5.16 Å². The van der Waals surface area contributed by atoms with Gasteiger partial charge in [0.2, 0.25) is 0 Å². The molecule has 0 aliphatic heterocycles. The van der Waals surface area contributed by atoms with E-state index in [1.54, 1.807) is 4.57 Å².